The Morgan fingerprint density at radius 3 is 3.00 bits per heavy atom. The van der Waals surface area contributed by atoms with Gasteiger partial charge in [-0.1, -0.05) is 6.07 Å². The summed E-state index contributed by atoms with van der Waals surface area (Å²) in [4.78, 5) is 14.7. The fourth-order valence-electron chi connectivity index (χ4n) is 1.92. The lowest BCUT2D eigenvalue weighted by atomic mass is 10.2. The van der Waals surface area contributed by atoms with Crippen molar-refractivity contribution in [2.45, 2.75) is 6.54 Å². The van der Waals surface area contributed by atoms with Crippen LogP contribution in [0.2, 0.25) is 5.28 Å². The molecule has 3 heterocycles. The Bertz CT molecular complexity index is 698. The zero-order valence-electron chi connectivity index (χ0n) is 10.2. The van der Waals surface area contributed by atoms with E-state index in [9.17, 15) is 0 Å². The summed E-state index contributed by atoms with van der Waals surface area (Å²) in [6, 6.07) is 5.92. The molecule has 0 bridgehead atoms. The third-order valence-corrected chi connectivity index (χ3v) is 3.83. The van der Waals surface area contributed by atoms with Crippen LogP contribution in [0.1, 0.15) is 5.56 Å². The number of thiophene rings is 1. The minimum Gasteiger partial charge on any atom is -0.354 e. The molecule has 0 radical (unpaired) electrons. The summed E-state index contributed by atoms with van der Waals surface area (Å²) in [5.41, 5.74) is 2.02. The highest BCUT2D eigenvalue weighted by Crippen LogP contribution is 2.29. The molecule has 0 atom stereocenters. The van der Waals surface area contributed by atoms with Gasteiger partial charge in [-0.3, -0.25) is 4.98 Å². The maximum Gasteiger partial charge on any atom is 0.224 e. The molecule has 0 unspecified atom stereocenters. The molecular formula is C13H11ClN4S. The number of nitrogens with zero attached hydrogens (tertiary/aromatic N) is 4. The predicted octanol–water partition coefficient (Wildman–Crippen LogP) is 3.38. The van der Waals surface area contributed by atoms with Crippen molar-refractivity contribution in [3.63, 3.8) is 0 Å². The molecule has 0 aliphatic heterocycles. The number of hydrogen-bond acceptors (Lipinski definition) is 5. The molecule has 0 aromatic carbocycles. The van der Waals surface area contributed by atoms with E-state index in [-0.39, 0.29) is 5.28 Å². The van der Waals surface area contributed by atoms with Gasteiger partial charge in [-0.2, -0.15) is 4.98 Å². The molecule has 0 amide bonds. The summed E-state index contributed by atoms with van der Waals surface area (Å²) in [5.74, 6) is 0.855. The van der Waals surface area contributed by atoms with Crippen LogP contribution in [-0.2, 0) is 6.54 Å². The molecule has 4 nitrogen and oxygen atoms in total. The van der Waals surface area contributed by atoms with Gasteiger partial charge in [-0.25, -0.2) is 4.98 Å². The van der Waals surface area contributed by atoms with Gasteiger partial charge in [0.25, 0.3) is 0 Å². The second-order valence-corrected chi connectivity index (χ2v) is 5.42. The standard InChI is InChI=1S/C13H11ClN4S/c1-18(8-9-3-2-5-15-7-9)12-11-10(4-6-19-11)16-13(14)17-12/h2-7H,8H2,1H3. The first kappa shape index (κ1) is 12.3. The molecular weight excluding hydrogens is 280 g/mol. The van der Waals surface area contributed by atoms with Crippen molar-refractivity contribution in [1.29, 1.82) is 0 Å². The molecule has 0 saturated carbocycles. The first-order valence-electron chi connectivity index (χ1n) is 5.75. The van der Waals surface area contributed by atoms with Crippen molar-refractivity contribution in [2.75, 3.05) is 11.9 Å². The topological polar surface area (TPSA) is 41.9 Å². The van der Waals surface area contributed by atoms with E-state index in [2.05, 4.69) is 19.9 Å². The minimum atomic E-state index is 0.277. The van der Waals surface area contributed by atoms with Crippen LogP contribution < -0.4 is 4.90 Å². The van der Waals surface area contributed by atoms with E-state index in [0.717, 1.165) is 28.1 Å². The largest absolute Gasteiger partial charge is 0.354 e. The Labute approximate surface area is 119 Å². The molecule has 0 N–H and O–H groups in total. The molecule has 0 spiro atoms. The average Bonchev–Trinajstić information content (AvgIpc) is 2.86. The predicted molar refractivity (Wildman–Crippen MR) is 78.8 cm³/mol. The number of pyridine rings is 1. The zero-order valence-corrected chi connectivity index (χ0v) is 11.8. The van der Waals surface area contributed by atoms with Gasteiger partial charge in [0.05, 0.1) is 10.2 Å². The molecule has 0 aliphatic carbocycles. The lowest BCUT2D eigenvalue weighted by molar-refractivity contribution is 0.895. The molecule has 0 fully saturated rings. The number of aromatic nitrogens is 3. The van der Waals surface area contributed by atoms with E-state index in [4.69, 9.17) is 11.6 Å². The van der Waals surface area contributed by atoms with Crippen LogP contribution in [0, 0.1) is 0 Å². The Kier molecular flexibility index (Phi) is 3.31. The van der Waals surface area contributed by atoms with E-state index in [1.807, 2.05) is 36.8 Å². The second-order valence-electron chi connectivity index (χ2n) is 4.17. The number of hydrogen-bond donors (Lipinski definition) is 0. The maximum absolute atomic E-state index is 5.97. The summed E-state index contributed by atoms with van der Waals surface area (Å²) >= 11 is 7.59. The van der Waals surface area contributed by atoms with Crippen molar-refractivity contribution in [3.05, 3.63) is 46.8 Å². The van der Waals surface area contributed by atoms with Crippen molar-refractivity contribution in [2.24, 2.45) is 0 Å². The van der Waals surface area contributed by atoms with Gasteiger partial charge < -0.3 is 4.90 Å². The van der Waals surface area contributed by atoms with Crippen LogP contribution in [-0.4, -0.2) is 22.0 Å². The van der Waals surface area contributed by atoms with Gasteiger partial charge in [0.1, 0.15) is 0 Å². The first-order chi connectivity index (χ1) is 9.24. The fraction of sp³-hybridized carbons (Fsp3) is 0.154. The Balaban J connectivity index is 1.97. The number of fused-ring (bicyclic) bond motifs is 1. The van der Waals surface area contributed by atoms with Crippen LogP contribution in [0.15, 0.2) is 36.0 Å². The van der Waals surface area contributed by atoms with Crippen LogP contribution in [0.5, 0.6) is 0 Å². The van der Waals surface area contributed by atoms with Crippen molar-refractivity contribution < 1.29 is 0 Å². The van der Waals surface area contributed by atoms with Gasteiger partial charge in [0.15, 0.2) is 5.82 Å². The third kappa shape index (κ3) is 2.52. The number of rotatable bonds is 3. The molecule has 0 aliphatic rings. The summed E-state index contributed by atoms with van der Waals surface area (Å²) in [7, 11) is 1.99. The lowest BCUT2D eigenvalue weighted by Crippen LogP contribution is -2.18. The summed E-state index contributed by atoms with van der Waals surface area (Å²) in [6.07, 6.45) is 3.62. The molecule has 96 valence electrons. The van der Waals surface area contributed by atoms with E-state index in [0.29, 0.717) is 0 Å². The van der Waals surface area contributed by atoms with Crippen molar-refractivity contribution in [1.82, 2.24) is 15.0 Å². The van der Waals surface area contributed by atoms with Crippen LogP contribution in [0.3, 0.4) is 0 Å². The second kappa shape index (κ2) is 5.11. The Morgan fingerprint density at radius 2 is 2.21 bits per heavy atom. The van der Waals surface area contributed by atoms with Gasteiger partial charge in [-0.15, -0.1) is 11.3 Å². The smallest absolute Gasteiger partial charge is 0.224 e. The molecule has 3 aromatic rings. The van der Waals surface area contributed by atoms with Gasteiger partial charge >= 0.3 is 0 Å². The quantitative estimate of drug-likeness (QED) is 0.694. The zero-order chi connectivity index (χ0) is 13.2. The molecule has 3 aromatic heterocycles. The van der Waals surface area contributed by atoms with Crippen LogP contribution in [0.25, 0.3) is 10.2 Å². The average molecular weight is 291 g/mol. The normalized spacial score (nSPS) is 10.8. The summed E-state index contributed by atoms with van der Waals surface area (Å²) < 4.78 is 1.05. The van der Waals surface area contributed by atoms with Crippen molar-refractivity contribution in [3.8, 4) is 0 Å². The van der Waals surface area contributed by atoms with E-state index in [1.165, 1.54) is 0 Å². The number of halogens is 1. The molecule has 0 saturated heterocycles. The van der Waals surface area contributed by atoms with Gasteiger partial charge in [-0.05, 0) is 34.7 Å². The van der Waals surface area contributed by atoms with Crippen LogP contribution in [0.4, 0.5) is 5.82 Å². The monoisotopic (exact) mass is 290 g/mol. The molecule has 6 heteroatoms. The summed E-state index contributed by atoms with van der Waals surface area (Å²) in [5, 5.41) is 2.27. The SMILES string of the molecule is CN(Cc1cccnc1)c1nc(Cl)nc2ccsc12. The molecule has 19 heavy (non-hydrogen) atoms. The highest BCUT2D eigenvalue weighted by Gasteiger charge is 2.12. The Hall–Kier alpha value is -1.72. The Morgan fingerprint density at radius 1 is 1.32 bits per heavy atom. The highest BCUT2D eigenvalue weighted by molar-refractivity contribution is 7.17. The van der Waals surface area contributed by atoms with Gasteiger partial charge in [0.2, 0.25) is 5.28 Å². The van der Waals surface area contributed by atoms with Crippen LogP contribution >= 0.6 is 22.9 Å². The molecule has 3 rings (SSSR count). The fourth-order valence-corrected chi connectivity index (χ4v) is 2.96. The highest BCUT2D eigenvalue weighted by atomic mass is 35.5. The lowest BCUT2D eigenvalue weighted by Gasteiger charge is -2.18. The third-order valence-electron chi connectivity index (χ3n) is 2.76. The first-order valence-corrected chi connectivity index (χ1v) is 7.00. The van der Waals surface area contributed by atoms with Crippen molar-refractivity contribution >= 4 is 39.0 Å². The maximum atomic E-state index is 5.97. The van der Waals surface area contributed by atoms with Gasteiger partial charge in [0, 0.05) is 26.0 Å². The van der Waals surface area contributed by atoms with E-state index in [1.54, 1.807) is 17.5 Å². The number of anilines is 1. The summed E-state index contributed by atoms with van der Waals surface area (Å²) in [6.45, 7) is 0.730. The minimum absolute atomic E-state index is 0.277. The van der Waals surface area contributed by atoms with E-state index < -0.39 is 0 Å². The van der Waals surface area contributed by atoms with E-state index >= 15 is 0 Å².